The van der Waals surface area contributed by atoms with Crippen LogP contribution in [0.1, 0.15) is 0 Å². The van der Waals surface area contributed by atoms with Gasteiger partial charge in [0.05, 0.1) is 19.3 Å². The first kappa shape index (κ1) is 8.99. The van der Waals surface area contributed by atoms with Crippen molar-refractivity contribution in [2.24, 2.45) is 5.73 Å². The van der Waals surface area contributed by atoms with Gasteiger partial charge in [-0.25, -0.2) is 0 Å². The Bertz CT molecular complexity index is 97.8. The average Bonchev–Trinajstić information content (AvgIpc) is 1.83. The Labute approximate surface area is 55.3 Å². The van der Waals surface area contributed by atoms with Crippen molar-refractivity contribution in [3.63, 3.8) is 0 Å². The van der Waals surface area contributed by atoms with Crippen molar-refractivity contribution >= 4 is 11.4 Å². The molecule has 0 radical (unpaired) electrons. The molecule has 0 saturated heterocycles. The zero-order chi connectivity index (χ0) is 7.28. The van der Waals surface area contributed by atoms with Crippen molar-refractivity contribution in [1.82, 2.24) is 0 Å². The number of nitrogens with two attached hydrogens (primary N) is 1. The molecule has 5 nitrogen and oxygen atoms in total. The minimum Gasteiger partial charge on any atom is -0.395 e. The second-order valence-corrected chi connectivity index (χ2v) is 2.11. The van der Waals surface area contributed by atoms with Gasteiger partial charge in [-0.15, -0.1) is 0 Å². The summed E-state index contributed by atoms with van der Waals surface area (Å²) in [6.07, 6.45) is 0. The fourth-order valence-corrected chi connectivity index (χ4v) is 0.490. The molecule has 0 amide bonds. The fraction of sp³-hybridized carbons (Fsp3) is 1.00. The molecule has 0 heterocycles. The standard InChI is InChI=1S/C3H9NO4S/c4-3(1-5)2-8-9(6)7/h3,5H,1-2,4H2,(H,6,7). The molecule has 4 N–H and O–H groups in total. The van der Waals surface area contributed by atoms with Gasteiger partial charge in [-0.1, -0.05) is 0 Å². The quantitative estimate of drug-likeness (QED) is 0.428. The number of aliphatic hydroxyl groups is 1. The molecular weight excluding hydrogens is 146 g/mol. The lowest BCUT2D eigenvalue weighted by Gasteiger charge is -2.03. The third-order valence-corrected chi connectivity index (χ3v) is 0.955. The Balaban J connectivity index is 3.16. The molecule has 56 valence electrons. The van der Waals surface area contributed by atoms with E-state index < -0.39 is 17.4 Å². The van der Waals surface area contributed by atoms with E-state index in [2.05, 4.69) is 4.18 Å². The molecule has 9 heavy (non-hydrogen) atoms. The number of rotatable bonds is 4. The minimum absolute atomic E-state index is 0.111. The maximum Gasteiger partial charge on any atom is 0.301 e. The van der Waals surface area contributed by atoms with E-state index in [-0.39, 0.29) is 13.2 Å². The normalized spacial score (nSPS) is 17.2. The highest BCUT2D eigenvalue weighted by molar-refractivity contribution is 7.74. The topological polar surface area (TPSA) is 92.8 Å². The molecule has 2 unspecified atom stereocenters. The third kappa shape index (κ3) is 5.87. The second kappa shape index (κ2) is 4.83. The Morgan fingerprint density at radius 2 is 2.33 bits per heavy atom. The van der Waals surface area contributed by atoms with E-state index >= 15 is 0 Å². The van der Waals surface area contributed by atoms with Crippen LogP contribution in [0, 0.1) is 0 Å². The second-order valence-electron chi connectivity index (χ2n) is 1.44. The largest absolute Gasteiger partial charge is 0.395 e. The summed E-state index contributed by atoms with van der Waals surface area (Å²) in [6.45, 7) is -0.364. The molecule has 2 atom stereocenters. The Morgan fingerprint density at radius 1 is 1.78 bits per heavy atom. The molecule has 0 aromatic rings. The van der Waals surface area contributed by atoms with Crippen molar-refractivity contribution in [1.29, 1.82) is 0 Å². The first-order chi connectivity index (χ1) is 4.16. The average molecular weight is 155 g/mol. The summed E-state index contributed by atoms with van der Waals surface area (Å²) in [5, 5.41) is 8.26. The third-order valence-electron chi connectivity index (χ3n) is 0.617. The van der Waals surface area contributed by atoms with Crippen LogP contribution in [0.2, 0.25) is 0 Å². The summed E-state index contributed by atoms with van der Waals surface area (Å²) < 4.78 is 21.9. The lowest BCUT2D eigenvalue weighted by atomic mass is 10.4. The zero-order valence-electron chi connectivity index (χ0n) is 4.69. The maximum absolute atomic E-state index is 9.77. The summed E-state index contributed by atoms with van der Waals surface area (Å²) >= 11 is -2.28. The van der Waals surface area contributed by atoms with E-state index in [9.17, 15) is 4.21 Å². The Kier molecular flexibility index (Phi) is 4.83. The van der Waals surface area contributed by atoms with Gasteiger partial charge in [0, 0.05) is 0 Å². The lowest BCUT2D eigenvalue weighted by molar-refractivity contribution is 0.207. The van der Waals surface area contributed by atoms with Crippen LogP contribution >= 0.6 is 0 Å². The SMILES string of the molecule is NC(CO)COS(=O)O. The summed E-state index contributed by atoms with van der Waals surface area (Å²) in [6, 6.07) is -0.582. The van der Waals surface area contributed by atoms with Gasteiger partial charge in [0.1, 0.15) is 0 Å². The van der Waals surface area contributed by atoms with Crippen LogP contribution in [0.5, 0.6) is 0 Å². The van der Waals surface area contributed by atoms with Crippen LogP contribution in [-0.4, -0.2) is 33.1 Å². The van der Waals surface area contributed by atoms with Crippen molar-refractivity contribution in [3.05, 3.63) is 0 Å². The zero-order valence-corrected chi connectivity index (χ0v) is 5.50. The van der Waals surface area contributed by atoms with E-state index in [1.165, 1.54) is 0 Å². The van der Waals surface area contributed by atoms with Gasteiger partial charge >= 0.3 is 11.4 Å². The summed E-state index contributed by atoms with van der Waals surface area (Å²) in [4.78, 5) is 0. The predicted molar refractivity (Wildman–Crippen MR) is 31.8 cm³/mol. The van der Waals surface area contributed by atoms with Crippen molar-refractivity contribution in [2.75, 3.05) is 13.2 Å². The molecule has 0 saturated carbocycles. The molecule has 0 fully saturated rings. The van der Waals surface area contributed by atoms with Crippen molar-refractivity contribution in [2.45, 2.75) is 6.04 Å². The van der Waals surface area contributed by atoms with E-state index in [1.54, 1.807) is 0 Å². The van der Waals surface area contributed by atoms with Crippen molar-refractivity contribution < 1.29 is 18.1 Å². The molecule has 0 aromatic carbocycles. The van der Waals surface area contributed by atoms with Gasteiger partial charge < -0.3 is 10.8 Å². The first-order valence-corrected chi connectivity index (χ1v) is 3.30. The van der Waals surface area contributed by atoms with Gasteiger partial charge in [0.2, 0.25) is 0 Å². The summed E-state index contributed by atoms with van der Waals surface area (Å²) in [5.74, 6) is 0. The monoisotopic (exact) mass is 155 g/mol. The molecule has 0 aliphatic rings. The predicted octanol–water partition coefficient (Wildman–Crippen LogP) is -1.54. The molecule has 0 bridgehead atoms. The highest BCUT2D eigenvalue weighted by Gasteiger charge is 2.01. The molecular formula is C3H9NO4S. The van der Waals surface area contributed by atoms with E-state index in [0.29, 0.717) is 0 Å². The highest BCUT2D eigenvalue weighted by Crippen LogP contribution is 1.82. The Hall–Kier alpha value is -0.0100. The van der Waals surface area contributed by atoms with Crippen LogP contribution in [0.3, 0.4) is 0 Å². The number of hydrogen-bond donors (Lipinski definition) is 3. The van der Waals surface area contributed by atoms with Gasteiger partial charge in [-0.3, -0.25) is 8.74 Å². The van der Waals surface area contributed by atoms with Crippen LogP contribution in [0.4, 0.5) is 0 Å². The smallest absolute Gasteiger partial charge is 0.301 e. The summed E-state index contributed by atoms with van der Waals surface area (Å²) in [5.41, 5.74) is 5.10. The van der Waals surface area contributed by atoms with E-state index in [1.807, 2.05) is 0 Å². The lowest BCUT2D eigenvalue weighted by Crippen LogP contribution is -2.30. The van der Waals surface area contributed by atoms with Gasteiger partial charge in [-0.05, 0) is 0 Å². The van der Waals surface area contributed by atoms with Crippen molar-refractivity contribution in [3.8, 4) is 0 Å². The van der Waals surface area contributed by atoms with Crippen LogP contribution < -0.4 is 5.73 Å². The molecule has 0 aliphatic heterocycles. The molecule has 0 aliphatic carbocycles. The number of hydrogen-bond acceptors (Lipinski definition) is 4. The molecule has 0 aromatic heterocycles. The molecule has 6 heteroatoms. The molecule has 0 spiro atoms. The highest BCUT2D eigenvalue weighted by atomic mass is 32.2. The summed E-state index contributed by atoms with van der Waals surface area (Å²) in [7, 11) is 0. The van der Waals surface area contributed by atoms with E-state index in [0.717, 1.165) is 0 Å². The maximum atomic E-state index is 9.77. The van der Waals surface area contributed by atoms with Crippen LogP contribution in [0.25, 0.3) is 0 Å². The van der Waals surface area contributed by atoms with E-state index in [4.69, 9.17) is 15.4 Å². The van der Waals surface area contributed by atoms with Gasteiger partial charge in [0.15, 0.2) is 0 Å². The van der Waals surface area contributed by atoms with Crippen LogP contribution in [-0.2, 0) is 15.5 Å². The molecule has 0 rings (SSSR count). The van der Waals surface area contributed by atoms with Gasteiger partial charge in [0.25, 0.3) is 0 Å². The van der Waals surface area contributed by atoms with Gasteiger partial charge in [-0.2, -0.15) is 4.21 Å². The first-order valence-electron chi connectivity index (χ1n) is 2.27. The Morgan fingerprint density at radius 3 is 2.67 bits per heavy atom. The number of aliphatic hydroxyl groups excluding tert-OH is 1. The minimum atomic E-state index is -2.28. The van der Waals surface area contributed by atoms with Crippen LogP contribution in [0.15, 0.2) is 0 Å². The fourth-order valence-electron chi connectivity index (χ4n) is 0.198.